The highest BCUT2D eigenvalue weighted by molar-refractivity contribution is 7.90. The molecule has 0 radical (unpaired) electrons. The molecule has 1 aliphatic carbocycles. The number of anilines is 1. The fourth-order valence-electron chi connectivity index (χ4n) is 5.01. The molecular formula is C29H34N2O6S. The Balaban J connectivity index is 1.55. The van der Waals surface area contributed by atoms with Gasteiger partial charge in [0.25, 0.3) is 5.91 Å². The van der Waals surface area contributed by atoms with Gasteiger partial charge in [0.2, 0.25) is 0 Å². The molecule has 1 fully saturated rings. The molecule has 2 aromatic carbocycles. The molecule has 0 bridgehead atoms. The van der Waals surface area contributed by atoms with Gasteiger partial charge in [-0.25, -0.2) is 8.42 Å². The summed E-state index contributed by atoms with van der Waals surface area (Å²) < 4.78 is 29.8. The van der Waals surface area contributed by atoms with Gasteiger partial charge in [0.05, 0.1) is 17.4 Å². The van der Waals surface area contributed by atoms with Gasteiger partial charge in [0, 0.05) is 35.2 Å². The number of nitrogens with one attached hydrogen (secondary N) is 2. The van der Waals surface area contributed by atoms with E-state index < -0.39 is 15.8 Å². The number of hydrogen-bond donors (Lipinski definition) is 3. The number of hydrogen-bond acceptors (Lipinski definition) is 6. The molecule has 1 saturated carbocycles. The van der Waals surface area contributed by atoms with Gasteiger partial charge in [0.15, 0.2) is 9.84 Å². The first kappa shape index (κ1) is 27.4. The minimum absolute atomic E-state index is 0.0123. The summed E-state index contributed by atoms with van der Waals surface area (Å²) in [6, 6.07) is 16.0. The van der Waals surface area contributed by atoms with Crippen molar-refractivity contribution in [1.82, 2.24) is 5.32 Å². The summed E-state index contributed by atoms with van der Waals surface area (Å²) in [5.41, 5.74) is 3.22. The first-order valence-electron chi connectivity index (χ1n) is 12.9. The van der Waals surface area contributed by atoms with Crippen LogP contribution in [0.25, 0.3) is 11.3 Å². The van der Waals surface area contributed by atoms with Crippen molar-refractivity contribution in [1.29, 1.82) is 0 Å². The lowest BCUT2D eigenvalue weighted by Crippen LogP contribution is -2.26. The van der Waals surface area contributed by atoms with Crippen molar-refractivity contribution in [2.75, 3.05) is 18.1 Å². The largest absolute Gasteiger partial charge is 0.481 e. The molecule has 1 unspecified atom stereocenters. The number of rotatable bonds is 10. The second kappa shape index (κ2) is 11.9. The molecule has 1 atom stereocenters. The first-order valence-corrected chi connectivity index (χ1v) is 14.8. The molecule has 1 heterocycles. The maximum atomic E-state index is 12.3. The molecule has 4 rings (SSSR count). The lowest BCUT2D eigenvalue weighted by Gasteiger charge is -2.31. The van der Waals surface area contributed by atoms with E-state index in [0.29, 0.717) is 17.2 Å². The number of aliphatic carboxylic acids is 1. The van der Waals surface area contributed by atoms with Crippen LogP contribution in [0.2, 0.25) is 0 Å². The SMILES string of the molecule is Cc1oc(-c2ccc(S(C)(=O)=O)cc2)cc1C(Nc1ccc(C(=O)NCCC(=O)O)cc1)C1CCCCC1. The van der Waals surface area contributed by atoms with Gasteiger partial charge >= 0.3 is 5.97 Å². The Morgan fingerprint density at radius 3 is 2.29 bits per heavy atom. The van der Waals surface area contributed by atoms with Crippen molar-refractivity contribution < 1.29 is 27.5 Å². The van der Waals surface area contributed by atoms with Gasteiger partial charge in [-0.2, -0.15) is 0 Å². The molecule has 202 valence electrons. The van der Waals surface area contributed by atoms with E-state index in [1.807, 2.05) is 25.1 Å². The van der Waals surface area contributed by atoms with Crippen LogP contribution in [-0.2, 0) is 14.6 Å². The highest BCUT2D eigenvalue weighted by Gasteiger charge is 2.28. The number of benzene rings is 2. The third-order valence-electron chi connectivity index (χ3n) is 7.07. The standard InChI is InChI=1S/C29H34N2O6S/c1-19-25(18-26(37-19)20-10-14-24(15-11-20)38(2,35)36)28(21-6-4-3-5-7-21)31-23-12-8-22(9-13-23)29(34)30-17-16-27(32)33/h8-15,18,21,28,31H,3-7,16-17H2,1-2H3,(H,30,34)(H,32,33). The summed E-state index contributed by atoms with van der Waals surface area (Å²) in [6.07, 6.45) is 6.86. The normalized spacial score (nSPS) is 15.1. The molecule has 0 saturated heterocycles. The summed E-state index contributed by atoms with van der Waals surface area (Å²) in [4.78, 5) is 23.3. The lowest BCUT2D eigenvalue weighted by molar-refractivity contribution is -0.136. The summed E-state index contributed by atoms with van der Waals surface area (Å²) >= 11 is 0. The smallest absolute Gasteiger partial charge is 0.305 e. The Bertz CT molecular complexity index is 1370. The van der Waals surface area contributed by atoms with Gasteiger partial charge in [-0.1, -0.05) is 19.3 Å². The summed E-state index contributed by atoms with van der Waals surface area (Å²) in [5.74, 6) is 0.652. The molecule has 1 aromatic heterocycles. The Labute approximate surface area is 223 Å². The van der Waals surface area contributed by atoms with E-state index in [1.54, 1.807) is 36.4 Å². The molecular weight excluding hydrogens is 504 g/mol. The average Bonchev–Trinajstić information content (AvgIpc) is 3.28. The van der Waals surface area contributed by atoms with Crippen LogP contribution in [0.5, 0.6) is 0 Å². The van der Waals surface area contributed by atoms with Crippen molar-refractivity contribution in [2.45, 2.75) is 56.4 Å². The molecule has 8 nitrogen and oxygen atoms in total. The van der Waals surface area contributed by atoms with Crippen LogP contribution in [0.15, 0.2) is 63.9 Å². The van der Waals surface area contributed by atoms with E-state index >= 15 is 0 Å². The molecule has 0 spiro atoms. The van der Waals surface area contributed by atoms with Crippen LogP contribution in [0, 0.1) is 12.8 Å². The van der Waals surface area contributed by atoms with E-state index in [2.05, 4.69) is 10.6 Å². The van der Waals surface area contributed by atoms with Crippen molar-refractivity contribution in [3.63, 3.8) is 0 Å². The van der Waals surface area contributed by atoms with E-state index in [-0.39, 0.29) is 29.8 Å². The predicted molar refractivity (Wildman–Crippen MR) is 146 cm³/mol. The molecule has 0 aliphatic heterocycles. The van der Waals surface area contributed by atoms with Crippen molar-refractivity contribution in [3.8, 4) is 11.3 Å². The van der Waals surface area contributed by atoms with E-state index in [9.17, 15) is 18.0 Å². The third kappa shape index (κ3) is 6.83. The highest BCUT2D eigenvalue weighted by Crippen LogP contribution is 2.40. The van der Waals surface area contributed by atoms with Crippen LogP contribution in [0.4, 0.5) is 5.69 Å². The minimum Gasteiger partial charge on any atom is -0.481 e. The highest BCUT2D eigenvalue weighted by atomic mass is 32.2. The van der Waals surface area contributed by atoms with Crippen LogP contribution < -0.4 is 10.6 Å². The topological polar surface area (TPSA) is 126 Å². The van der Waals surface area contributed by atoms with Crippen LogP contribution in [0.1, 0.15) is 66.2 Å². The fraction of sp³-hybridized carbons (Fsp3) is 0.379. The van der Waals surface area contributed by atoms with Gasteiger partial charge < -0.3 is 20.2 Å². The van der Waals surface area contributed by atoms with Crippen LogP contribution in [0.3, 0.4) is 0 Å². The number of aryl methyl sites for hydroxylation is 1. The number of carboxylic acid groups (broad SMARTS) is 1. The van der Waals surface area contributed by atoms with Gasteiger partial charge in [-0.05, 0) is 80.3 Å². The van der Waals surface area contributed by atoms with E-state index in [0.717, 1.165) is 35.4 Å². The lowest BCUT2D eigenvalue weighted by atomic mass is 9.81. The molecule has 9 heteroatoms. The summed E-state index contributed by atoms with van der Waals surface area (Å²) in [5, 5.41) is 15.1. The zero-order valence-electron chi connectivity index (χ0n) is 21.7. The monoisotopic (exact) mass is 538 g/mol. The second-order valence-electron chi connectivity index (χ2n) is 9.92. The predicted octanol–water partition coefficient (Wildman–Crippen LogP) is 5.60. The quantitative estimate of drug-likeness (QED) is 0.307. The maximum absolute atomic E-state index is 12.3. The summed E-state index contributed by atoms with van der Waals surface area (Å²) in [7, 11) is -3.27. The Kier molecular flexibility index (Phi) is 8.56. The van der Waals surface area contributed by atoms with Gasteiger partial charge in [-0.3, -0.25) is 9.59 Å². The van der Waals surface area contributed by atoms with E-state index in [4.69, 9.17) is 9.52 Å². The minimum atomic E-state index is -3.27. The molecule has 1 aliphatic rings. The fourth-order valence-corrected chi connectivity index (χ4v) is 5.64. The number of carbonyl (C=O) groups is 2. The molecule has 3 aromatic rings. The zero-order valence-corrected chi connectivity index (χ0v) is 22.5. The average molecular weight is 539 g/mol. The number of sulfone groups is 1. The maximum Gasteiger partial charge on any atom is 0.305 e. The van der Waals surface area contributed by atoms with Crippen molar-refractivity contribution >= 4 is 27.4 Å². The van der Waals surface area contributed by atoms with Gasteiger partial charge in [0.1, 0.15) is 11.5 Å². The molecule has 1 amide bonds. The molecule has 38 heavy (non-hydrogen) atoms. The van der Waals surface area contributed by atoms with Crippen LogP contribution >= 0.6 is 0 Å². The number of furan rings is 1. The first-order chi connectivity index (χ1) is 18.1. The zero-order chi connectivity index (χ0) is 27.3. The van der Waals surface area contributed by atoms with Crippen molar-refractivity contribution in [2.24, 2.45) is 5.92 Å². The Morgan fingerprint density at radius 1 is 1.03 bits per heavy atom. The van der Waals surface area contributed by atoms with Gasteiger partial charge in [-0.15, -0.1) is 0 Å². The Morgan fingerprint density at radius 2 is 1.68 bits per heavy atom. The second-order valence-corrected chi connectivity index (χ2v) is 11.9. The Hall–Kier alpha value is -3.59. The number of amides is 1. The van der Waals surface area contributed by atoms with Crippen molar-refractivity contribution in [3.05, 3.63) is 71.5 Å². The molecule has 3 N–H and O–H groups in total. The third-order valence-corrected chi connectivity index (χ3v) is 8.20. The van der Waals surface area contributed by atoms with E-state index in [1.165, 1.54) is 25.5 Å². The summed E-state index contributed by atoms with van der Waals surface area (Å²) in [6.45, 7) is 2.03. The number of carboxylic acids is 1. The van der Waals surface area contributed by atoms with Crippen LogP contribution in [-0.4, -0.2) is 38.2 Å². The number of carbonyl (C=O) groups excluding carboxylic acids is 1.